The van der Waals surface area contributed by atoms with E-state index in [2.05, 4.69) is 4.72 Å². The average Bonchev–Trinajstić information content (AvgIpc) is 2.42. The summed E-state index contributed by atoms with van der Waals surface area (Å²) in [5, 5.41) is 8.78. The van der Waals surface area contributed by atoms with Crippen molar-refractivity contribution in [2.45, 2.75) is 31.7 Å². The smallest absolute Gasteiger partial charge is 0.242 e. The highest BCUT2D eigenvalue weighted by Crippen LogP contribution is 2.20. The van der Waals surface area contributed by atoms with E-state index in [0.717, 1.165) is 0 Å². The van der Waals surface area contributed by atoms with Gasteiger partial charge in [-0.3, -0.25) is 0 Å². The summed E-state index contributed by atoms with van der Waals surface area (Å²) in [6, 6.07) is 5.69. The van der Waals surface area contributed by atoms with Crippen LogP contribution in [0.4, 0.5) is 5.69 Å². The van der Waals surface area contributed by atoms with Gasteiger partial charge in [0.15, 0.2) is 0 Å². The predicted molar refractivity (Wildman–Crippen MR) is 81.0 cm³/mol. The topological polar surface area (TPSA) is 105 Å². The molecule has 0 aliphatic rings. The van der Waals surface area contributed by atoms with Gasteiger partial charge >= 0.3 is 0 Å². The second kappa shape index (κ2) is 7.41. The zero-order valence-corrected chi connectivity index (χ0v) is 13.3. The first-order valence-corrected chi connectivity index (χ1v) is 8.19. The minimum atomic E-state index is -3.75. The first-order chi connectivity index (χ1) is 9.81. The number of nitrogens with one attached hydrogen (secondary N) is 1. The van der Waals surface area contributed by atoms with Crippen LogP contribution in [0.15, 0.2) is 23.1 Å². The van der Waals surface area contributed by atoms with Gasteiger partial charge in [-0.05, 0) is 31.0 Å². The summed E-state index contributed by atoms with van der Waals surface area (Å²) in [7, 11) is -3.75. The Labute approximate surface area is 126 Å². The van der Waals surface area contributed by atoms with Gasteiger partial charge < -0.3 is 10.5 Å². The van der Waals surface area contributed by atoms with Crippen molar-refractivity contribution in [1.82, 2.24) is 4.72 Å². The number of nitrogens with zero attached hydrogens (tertiary/aromatic N) is 1. The third kappa shape index (κ3) is 4.70. The van der Waals surface area contributed by atoms with Crippen molar-refractivity contribution in [3.8, 4) is 6.07 Å². The summed E-state index contributed by atoms with van der Waals surface area (Å²) in [4.78, 5) is -0.0244. The van der Waals surface area contributed by atoms with Crippen molar-refractivity contribution < 1.29 is 13.2 Å². The molecule has 1 unspecified atom stereocenters. The fourth-order valence-electron chi connectivity index (χ4n) is 1.73. The highest BCUT2D eigenvalue weighted by atomic mass is 32.2. The molecule has 0 aliphatic carbocycles. The molecule has 0 heterocycles. The van der Waals surface area contributed by atoms with Gasteiger partial charge in [-0.2, -0.15) is 5.26 Å². The summed E-state index contributed by atoms with van der Waals surface area (Å²) in [6.45, 7) is 6.49. The first-order valence-electron chi connectivity index (χ1n) is 6.71. The van der Waals surface area contributed by atoms with Crippen LogP contribution in [0.5, 0.6) is 0 Å². The molecule has 7 heteroatoms. The molecule has 0 spiro atoms. The van der Waals surface area contributed by atoms with Crippen LogP contribution in [-0.4, -0.2) is 27.7 Å². The Morgan fingerprint density at radius 3 is 2.57 bits per heavy atom. The fraction of sp³-hybridized carbons (Fsp3) is 0.500. The van der Waals surface area contributed by atoms with E-state index < -0.39 is 10.0 Å². The number of hydrogen-bond donors (Lipinski definition) is 2. The fourth-order valence-corrected chi connectivity index (χ4v) is 3.22. The van der Waals surface area contributed by atoms with Crippen molar-refractivity contribution in [3.05, 3.63) is 23.8 Å². The van der Waals surface area contributed by atoms with Crippen LogP contribution >= 0.6 is 0 Å². The molecule has 0 fully saturated rings. The lowest BCUT2D eigenvalue weighted by Gasteiger charge is -2.22. The van der Waals surface area contributed by atoms with Gasteiger partial charge in [0.2, 0.25) is 10.0 Å². The van der Waals surface area contributed by atoms with Gasteiger partial charge in [0.1, 0.15) is 4.90 Å². The van der Waals surface area contributed by atoms with Gasteiger partial charge in [-0.25, -0.2) is 13.1 Å². The van der Waals surface area contributed by atoms with Crippen molar-refractivity contribution >= 4 is 15.7 Å². The summed E-state index contributed by atoms with van der Waals surface area (Å²) < 4.78 is 32.7. The lowest BCUT2D eigenvalue weighted by atomic mass is 10.1. The quantitative estimate of drug-likeness (QED) is 0.742. The third-order valence-corrected chi connectivity index (χ3v) is 4.61. The number of nitrogen functional groups attached to an aromatic ring is 1. The Kier molecular flexibility index (Phi) is 6.15. The molecule has 0 saturated carbocycles. The average molecular weight is 311 g/mol. The Morgan fingerprint density at radius 1 is 1.43 bits per heavy atom. The summed E-state index contributed by atoms with van der Waals surface area (Å²) in [5.41, 5.74) is 6.11. The standard InChI is InChI=1S/C14H21N3O3S/c1-4-20-9-13(10(2)3)17-21(18,19)14-6-5-11(8-15)7-12(14)16/h5-7,10,13,17H,4,9,16H2,1-3H3. The minimum absolute atomic E-state index is 0.0244. The molecule has 6 nitrogen and oxygen atoms in total. The van der Waals surface area contributed by atoms with Crippen molar-refractivity contribution in [3.63, 3.8) is 0 Å². The van der Waals surface area contributed by atoms with Crippen LogP contribution in [0, 0.1) is 17.2 Å². The Balaban J connectivity index is 3.02. The normalized spacial score (nSPS) is 13.1. The molecular weight excluding hydrogens is 290 g/mol. The number of benzene rings is 1. The first kappa shape index (κ1) is 17.4. The summed E-state index contributed by atoms with van der Waals surface area (Å²) in [5.74, 6) is 0.0749. The van der Waals surface area contributed by atoms with E-state index in [4.69, 9.17) is 15.7 Å². The van der Waals surface area contributed by atoms with Crippen LogP contribution in [-0.2, 0) is 14.8 Å². The molecular formula is C14H21N3O3S. The van der Waals surface area contributed by atoms with E-state index in [1.165, 1.54) is 18.2 Å². The second-order valence-electron chi connectivity index (χ2n) is 5.00. The van der Waals surface area contributed by atoms with Crippen molar-refractivity contribution in [1.29, 1.82) is 5.26 Å². The Hall–Kier alpha value is -1.62. The molecule has 1 aromatic carbocycles. The zero-order chi connectivity index (χ0) is 16.0. The number of nitrogens with two attached hydrogens (primary N) is 1. The molecule has 0 radical (unpaired) electrons. The molecule has 0 amide bonds. The van der Waals surface area contributed by atoms with E-state index in [0.29, 0.717) is 18.8 Å². The molecule has 1 atom stereocenters. The van der Waals surface area contributed by atoms with Crippen molar-refractivity contribution in [2.75, 3.05) is 18.9 Å². The number of rotatable bonds is 7. The number of sulfonamides is 1. The summed E-state index contributed by atoms with van der Waals surface area (Å²) in [6.07, 6.45) is 0. The van der Waals surface area contributed by atoms with Gasteiger partial charge in [0.25, 0.3) is 0 Å². The molecule has 3 N–H and O–H groups in total. The number of hydrogen-bond acceptors (Lipinski definition) is 5. The summed E-state index contributed by atoms with van der Waals surface area (Å²) >= 11 is 0. The van der Waals surface area contributed by atoms with Crippen LogP contribution in [0.1, 0.15) is 26.3 Å². The molecule has 1 rings (SSSR count). The number of anilines is 1. The third-order valence-electron chi connectivity index (χ3n) is 3.04. The number of ether oxygens (including phenoxy) is 1. The van der Waals surface area contributed by atoms with Crippen LogP contribution in [0.25, 0.3) is 0 Å². The SMILES string of the molecule is CCOCC(NS(=O)(=O)c1ccc(C#N)cc1N)C(C)C. The van der Waals surface area contributed by atoms with Crippen LogP contribution in [0.2, 0.25) is 0 Å². The van der Waals surface area contributed by atoms with E-state index in [9.17, 15) is 8.42 Å². The molecule has 0 saturated heterocycles. The lowest BCUT2D eigenvalue weighted by molar-refractivity contribution is 0.116. The van der Waals surface area contributed by atoms with Gasteiger partial charge in [-0.15, -0.1) is 0 Å². The largest absolute Gasteiger partial charge is 0.398 e. The minimum Gasteiger partial charge on any atom is -0.398 e. The highest BCUT2D eigenvalue weighted by molar-refractivity contribution is 7.89. The van der Waals surface area contributed by atoms with Gasteiger partial charge in [0, 0.05) is 12.6 Å². The monoisotopic (exact) mass is 311 g/mol. The van der Waals surface area contributed by atoms with E-state index in [-0.39, 0.29) is 22.5 Å². The molecule has 116 valence electrons. The predicted octanol–water partition coefficient (Wildman–Crippen LogP) is 1.48. The lowest BCUT2D eigenvalue weighted by Crippen LogP contribution is -2.42. The molecule has 21 heavy (non-hydrogen) atoms. The maximum absolute atomic E-state index is 12.4. The maximum Gasteiger partial charge on any atom is 0.242 e. The van der Waals surface area contributed by atoms with Gasteiger partial charge in [-0.1, -0.05) is 13.8 Å². The van der Waals surface area contributed by atoms with E-state index in [1.54, 1.807) is 0 Å². The van der Waals surface area contributed by atoms with E-state index >= 15 is 0 Å². The Bertz CT molecular complexity index is 621. The van der Waals surface area contributed by atoms with E-state index in [1.807, 2.05) is 26.8 Å². The second-order valence-corrected chi connectivity index (χ2v) is 6.68. The highest BCUT2D eigenvalue weighted by Gasteiger charge is 2.24. The van der Waals surface area contributed by atoms with Crippen LogP contribution < -0.4 is 10.5 Å². The molecule has 0 aliphatic heterocycles. The molecule has 0 aromatic heterocycles. The zero-order valence-electron chi connectivity index (χ0n) is 12.5. The number of nitriles is 1. The molecule has 1 aromatic rings. The van der Waals surface area contributed by atoms with Crippen LogP contribution in [0.3, 0.4) is 0 Å². The molecule has 0 bridgehead atoms. The van der Waals surface area contributed by atoms with Crippen molar-refractivity contribution in [2.24, 2.45) is 5.92 Å². The Morgan fingerprint density at radius 2 is 2.10 bits per heavy atom. The maximum atomic E-state index is 12.4. The van der Waals surface area contributed by atoms with Gasteiger partial charge in [0.05, 0.1) is 23.9 Å².